The van der Waals surface area contributed by atoms with E-state index in [-0.39, 0.29) is 24.3 Å². The van der Waals surface area contributed by atoms with Crippen LogP contribution in [0.25, 0.3) is 0 Å². The Bertz CT molecular complexity index is 559. The van der Waals surface area contributed by atoms with Gasteiger partial charge in [-0.2, -0.15) is 0 Å². The topological polar surface area (TPSA) is 77.9 Å². The van der Waals surface area contributed by atoms with Crippen LogP contribution in [0.1, 0.15) is 19.8 Å². The van der Waals surface area contributed by atoms with Crippen LogP contribution in [0.5, 0.6) is 0 Å². The fourth-order valence-corrected chi connectivity index (χ4v) is 2.72. The standard InChI is InChI=1S/C16H20N2O4/c1-12(19)17-9-5-6-13(10-17)16(22)18(11-15(20)21)14-7-3-2-4-8-14/h2-4,7-8,13H,5-6,9-11H2,1H3,(H,20,21). The number of benzene rings is 1. The first-order chi connectivity index (χ1) is 10.5. The van der Waals surface area contributed by atoms with Crippen molar-refractivity contribution in [2.45, 2.75) is 19.8 Å². The van der Waals surface area contributed by atoms with Crippen LogP contribution in [0, 0.1) is 5.92 Å². The number of likely N-dealkylation sites (tertiary alicyclic amines) is 1. The number of carboxylic acid groups (broad SMARTS) is 1. The van der Waals surface area contributed by atoms with E-state index in [0.29, 0.717) is 25.2 Å². The molecule has 1 saturated heterocycles. The molecule has 1 atom stereocenters. The zero-order valence-electron chi connectivity index (χ0n) is 12.6. The molecule has 1 aliphatic heterocycles. The van der Waals surface area contributed by atoms with Gasteiger partial charge in [-0.25, -0.2) is 0 Å². The molecule has 1 aromatic rings. The van der Waals surface area contributed by atoms with Crippen molar-refractivity contribution in [1.82, 2.24) is 4.90 Å². The van der Waals surface area contributed by atoms with Crippen LogP contribution in [-0.2, 0) is 14.4 Å². The van der Waals surface area contributed by atoms with Crippen molar-refractivity contribution in [2.24, 2.45) is 5.92 Å². The van der Waals surface area contributed by atoms with E-state index < -0.39 is 5.97 Å². The molecule has 1 heterocycles. The van der Waals surface area contributed by atoms with E-state index in [1.54, 1.807) is 29.2 Å². The number of rotatable bonds is 4. The van der Waals surface area contributed by atoms with Gasteiger partial charge in [0.1, 0.15) is 6.54 Å². The number of para-hydroxylation sites is 1. The molecule has 22 heavy (non-hydrogen) atoms. The summed E-state index contributed by atoms with van der Waals surface area (Å²) in [5, 5.41) is 9.07. The number of anilines is 1. The van der Waals surface area contributed by atoms with Crippen molar-refractivity contribution in [3.63, 3.8) is 0 Å². The predicted octanol–water partition coefficient (Wildman–Crippen LogP) is 1.36. The first-order valence-electron chi connectivity index (χ1n) is 7.32. The molecule has 0 aliphatic carbocycles. The summed E-state index contributed by atoms with van der Waals surface area (Å²) in [6, 6.07) is 8.77. The summed E-state index contributed by atoms with van der Waals surface area (Å²) in [5.41, 5.74) is 0.565. The lowest BCUT2D eigenvalue weighted by Crippen LogP contribution is -2.47. The fourth-order valence-electron chi connectivity index (χ4n) is 2.72. The molecule has 0 saturated carbocycles. The number of carboxylic acids is 1. The molecule has 1 aromatic carbocycles. The van der Waals surface area contributed by atoms with Crippen molar-refractivity contribution in [3.05, 3.63) is 30.3 Å². The van der Waals surface area contributed by atoms with Gasteiger partial charge in [0.05, 0.1) is 5.92 Å². The molecule has 6 heteroatoms. The molecule has 0 bridgehead atoms. The minimum absolute atomic E-state index is 0.0537. The number of nitrogens with zero attached hydrogens (tertiary/aromatic N) is 2. The zero-order chi connectivity index (χ0) is 16.1. The lowest BCUT2D eigenvalue weighted by atomic mass is 9.96. The largest absolute Gasteiger partial charge is 0.480 e. The van der Waals surface area contributed by atoms with Gasteiger partial charge in [0, 0.05) is 25.7 Å². The maximum absolute atomic E-state index is 12.7. The number of piperidine rings is 1. The maximum Gasteiger partial charge on any atom is 0.323 e. The Kier molecular flexibility index (Phi) is 5.14. The van der Waals surface area contributed by atoms with Crippen molar-refractivity contribution >= 4 is 23.5 Å². The Hall–Kier alpha value is -2.37. The highest BCUT2D eigenvalue weighted by atomic mass is 16.4. The van der Waals surface area contributed by atoms with Crippen LogP contribution >= 0.6 is 0 Å². The van der Waals surface area contributed by atoms with Gasteiger partial charge >= 0.3 is 5.97 Å². The molecule has 0 radical (unpaired) electrons. The molecule has 0 aromatic heterocycles. The van der Waals surface area contributed by atoms with E-state index >= 15 is 0 Å². The second-order valence-electron chi connectivity index (χ2n) is 5.46. The number of hydrogen-bond donors (Lipinski definition) is 1. The summed E-state index contributed by atoms with van der Waals surface area (Å²) in [6.07, 6.45) is 1.43. The van der Waals surface area contributed by atoms with Gasteiger partial charge in [-0.05, 0) is 25.0 Å². The molecule has 2 amide bonds. The molecular weight excluding hydrogens is 284 g/mol. The highest BCUT2D eigenvalue weighted by Gasteiger charge is 2.31. The molecule has 1 unspecified atom stereocenters. The van der Waals surface area contributed by atoms with Crippen molar-refractivity contribution in [2.75, 3.05) is 24.5 Å². The fraction of sp³-hybridized carbons (Fsp3) is 0.438. The SMILES string of the molecule is CC(=O)N1CCCC(C(=O)N(CC(=O)O)c2ccccc2)C1. The molecule has 1 N–H and O–H groups in total. The summed E-state index contributed by atoms with van der Waals surface area (Å²) >= 11 is 0. The number of hydrogen-bond acceptors (Lipinski definition) is 3. The van der Waals surface area contributed by atoms with Gasteiger partial charge in [-0.3, -0.25) is 14.4 Å². The van der Waals surface area contributed by atoms with Gasteiger partial charge < -0.3 is 14.9 Å². The first-order valence-corrected chi connectivity index (χ1v) is 7.32. The second-order valence-corrected chi connectivity index (χ2v) is 5.46. The van der Waals surface area contributed by atoms with Crippen LogP contribution < -0.4 is 4.90 Å². The van der Waals surface area contributed by atoms with Gasteiger partial charge in [0.15, 0.2) is 0 Å². The van der Waals surface area contributed by atoms with Gasteiger partial charge in [0.25, 0.3) is 0 Å². The van der Waals surface area contributed by atoms with Gasteiger partial charge in [-0.15, -0.1) is 0 Å². The molecule has 0 spiro atoms. The molecule has 6 nitrogen and oxygen atoms in total. The minimum Gasteiger partial charge on any atom is -0.480 e. The van der Waals surface area contributed by atoms with Gasteiger partial charge in [0.2, 0.25) is 11.8 Å². The zero-order valence-corrected chi connectivity index (χ0v) is 12.6. The van der Waals surface area contributed by atoms with Crippen molar-refractivity contribution in [3.8, 4) is 0 Å². The van der Waals surface area contributed by atoms with E-state index in [2.05, 4.69) is 0 Å². The second kappa shape index (κ2) is 7.06. The molecule has 1 fully saturated rings. The molecule has 118 valence electrons. The predicted molar refractivity (Wildman–Crippen MR) is 81.4 cm³/mol. The van der Waals surface area contributed by atoms with Crippen LogP contribution in [0.15, 0.2) is 30.3 Å². The first kappa shape index (κ1) is 16.0. The summed E-state index contributed by atoms with van der Waals surface area (Å²) < 4.78 is 0. The highest BCUT2D eigenvalue weighted by molar-refractivity contribution is 5.99. The van der Waals surface area contributed by atoms with Crippen LogP contribution in [0.2, 0.25) is 0 Å². The monoisotopic (exact) mass is 304 g/mol. The van der Waals surface area contributed by atoms with E-state index in [0.717, 1.165) is 6.42 Å². The van der Waals surface area contributed by atoms with E-state index in [4.69, 9.17) is 5.11 Å². The molecule has 1 aliphatic rings. The average Bonchev–Trinajstić information content (AvgIpc) is 2.52. The summed E-state index contributed by atoms with van der Waals surface area (Å²) in [6.45, 7) is 2.12. The van der Waals surface area contributed by atoms with E-state index in [1.807, 2.05) is 6.07 Å². The Morgan fingerprint density at radius 2 is 1.95 bits per heavy atom. The number of aliphatic carboxylic acids is 1. The van der Waals surface area contributed by atoms with Crippen LogP contribution in [-0.4, -0.2) is 47.4 Å². The smallest absolute Gasteiger partial charge is 0.323 e. The van der Waals surface area contributed by atoms with E-state index in [1.165, 1.54) is 11.8 Å². The Labute approximate surface area is 129 Å². The minimum atomic E-state index is -1.06. The molecular formula is C16H20N2O4. The Morgan fingerprint density at radius 1 is 1.27 bits per heavy atom. The maximum atomic E-state index is 12.7. The van der Waals surface area contributed by atoms with Crippen molar-refractivity contribution < 1.29 is 19.5 Å². The third-order valence-corrected chi connectivity index (χ3v) is 3.84. The summed E-state index contributed by atoms with van der Waals surface area (Å²) in [4.78, 5) is 38.2. The lowest BCUT2D eigenvalue weighted by Gasteiger charge is -2.34. The third kappa shape index (κ3) is 3.84. The Morgan fingerprint density at radius 3 is 2.55 bits per heavy atom. The van der Waals surface area contributed by atoms with Crippen LogP contribution in [0.4, 0.5) is 5.69 Å². The van der Waals surface area contributed by atoms with Gasteiger partial charge in [-0.1, -0.05) is 18.2 Å². The molecule has 2 rings (SSSR count). The number of carbonyl (C=O) groups is 3. The van der Waals surface area contributed by atoms with Crippen LogP contribution in [0.3, 0.4) is 0 Å². The Balaban J connectivity index is 2.18. The third-order valence-electron chi connectivity index (χ3n) is 3.84. The highest BCUT2D eigenvalue weighted by Crippen LogP contribution is 2.22. The quantitative estimate of drug-likeness (QED) is 0.911. The average molecular weight is 304 g/mol. The summed E-state index contributed by atoms with van der Waals surface area (Å²) in [5.74, 6) is -1.70. The van der Waals surface area contributed by atoms with Crippen molar-refractivity contribution in [1.29, 1.82) is 0 Å². The normalized spacial score (nSPS) is 17.9. The summed E-state index contributed by atoms with van der Waals surface area (Å²) in [7, 11) is 0. The van der Waals surface area contributed by atoms with E-state index in [9.17, 15) is 14.4 Å². The number of carbonyl (C=O) groups excluding carboxylic acids is 2. The lowest BCUT2D eigenvalue weighted by molar-refractivity contribution is -0.138. The number of amides is 2.